The van der Waals surface area contributed by atoms with Crippen LogP contribution in [0.2, 0.25) is 0 Å². The van der Waals surface area contributed by atoms with Crippen molar-refractivity contribution in [3.63, 3.8) is 0 Å². The van der Waals surface area contributed by atoms with Gasteiger partial charge in [0.15, 0.2) is 5.76 Å². The van der Waals surface area contributed by atoms with E-state index in [1.165, 1.54) is 32.7 Å². The molecule has 1 aliphatic rings. The first kappa shape index (κ1) is 22.8. The van der Waals surface area contributed by atoms with Crippen molar-refractivity contribution < 1.29 is 32.4 Å². The molecule has 1 aromatic heterocycles. The van der Waals surface area contributed by atoms with Gasteiger partial charge in [-0.1, -0.05) is 5.16 Å². The van der Waals surface area contributed by atoms with Crippen LogP contribution in [0.4, 0.5) is 0 Å². The van der Waals surface area contributed by atoms with Gasteiger partial charge in [-0.05, 0) is 33.6 Å². The van der Waals surface area contributed by atoms with E-state index in [0.29, 0.717) is 19.4 Å². The lowest BCUT2D eigenvalue weighted by atomic mass is 9.98. The molecule has 2 heterocycles. The summed E-state index contributed by atoms with van der Waals surface area (Å²) in [5, 5.41) is 12.7. The van der Waals surface area contributed by atoms with E-state index >= 15 is 0 Å². The summed E-state index contributed by atoms with van der Waals surface area (Å²) in [7, 11) is -2.65. The highest BCUT2D eigenvalue weighted by atomic mass is 32.2. The first-order valence-corrected chi connectivity index (χ1v) is 10.6. The molecule has 12 heteroatoms. The number of hydrogen-bond donors (Lipinski definition) is 2. The Balaban J connectivity index is 1.98. The Labute approximate surface area is 169 Å². The number of aromatic nitrogens is 1. The number of aryl methyl sites for hydroxylation is 2. The van der Waals surface area contributed by atoms with Crippen LogP contribution >= 0.6 is 0 Å². The number of sulfonamides is 1. The Bertz CT molecular complexity index is 876. The molecule has 1 aliphatic heterocycles. The summed E-state index contributed by atoms with van der Waals surface area (Å²) in [5.74, 6) is -2.44. The SMILES string of the molecule is Cc1noc(C)c1S(=O)(=O)N[C@H](C)C(=O)N(C)CC(=O)N1CCC[C@H](C(=O)O)C1. The van der Waals surface area contributed by atoms with Gasteiger partial charge in [-0.2, -0.15) is 4.72 Å². The average molecular weight is 430 g/mol. The molecule has 0 spiro atoms. The summed E-state index contributed by atoms with van der Waals surface area (Å²) in [6.07, 6.45) is 1.09. The van der Waals surface area contributed by atoms with Crippen LogP contribution in [0.15, 0.2) is 9.42 Å². The molecule has 29 heavy (non-hydrogen) atoms. The highest BCUT2D eigenvalue weighted by molar-refractivity contribution is 7.89. The van der Waals surface area contributed by atoms with Crippen molar-refractivity contribution in [2.45, 2.75) is 44.6 Å². The Morgan fingerprint density at radius 3 is 2.59 bits per heavy atom. The first-order valence-electron chi connectivity index (χ1n) is 9.14. The second-order valence-corrected chi connectivity index (χ2v) is 8.86. The maximum atomic E-state index is 12.5. The van der Waals surface area contributed by atoms with Crippen LogP contribution in [0.5, 0.6) is 0 Å². The molecule has 1 aromatic rings. The maximum Gasteiger partial charge on any atom is 0.308 e. The number of nitrogens with zero attached hydrogens (tertiary/aromatic N) is 3. The summed E-state index contributed by atoms with van der Waals surface area (Å²) >= 11 is 0. The molecule has 0 radical (unpaired) electrons. The number of hydrogen-bond acceptors (Lipinski definition) is 7. The number of piperidine rings is 1. The summed E-state index contributed by atoms with van der Waals surface area (Å²) in [6, 6.07) is -1.13. The Morgan fingerprint density at radius 1 is 1.38 bits per heavy atom. The van der Waals surface area contributed by atoms with E-state index in [4.69, 9.17) is 9.63 Å². The van der Waals surface area contributed by atoms with Crippen LogP contribution in [0.1, 0.15) is 31.2 Å². The predicted octanol–water partition coefficient (Wildman–Crippen LogP) is -0.260. The molecule has 2 atom stereocenters. The lowest BCUT2D eigenvalue weighted by Crippen LogP contribution is -2.50. The topological polar surface area (TPSA) is 150 Å². The third kappa shape index (κ3) is 5.32. The number of likely N-dealkylation sites (tertiary alicyclic amines) is 1. The minimum atomic E-state index is -4.04. The number of carboxylic acid groups (broad SMARTS) is 1. The van der Waals surface area contributed by atoms with Crippen molar-refractivity contribution >= 4 is 27.8 Å². The van der Waals surface area contributed by atoms with E-state index in [2.05, 4.69) is 9.88 Å². The van der Waals surface area contributed by atoms with Gasteiger partial charge in [0.2, 0.25) is 21.8 Å². The third-order valence-corrected chi connectivity index (χ3v) is 6.60. The molecule has 2 rings (SSSR count). The van der Waals surface area contributed by atoms with Crippen molar-refractivity contribution in [2.75, 3.05) is 26.7 Å². The van der Waals surface area contributed by atoms with Crippen LogP contribution < -0.4 is 4.72 Å². The van der Waals surface area contributed by atoms with Gasteiger partial charge >= 0.3 is 5.97 Å². The third-order valence-electron chi connectivity index (χ3n) is 4.81. The smallest absolute Gasteiger partial charge is 0.308 e. The number of likely N-dealkylation sites (N-methyl/N-ethyl adjacent to an activating group) is 1. The highest BCUT2D eigenvalue weighted by Gasteiger charge is 2.32. The molecule has 1 fully saturated rings. The molecule has 11 nitrogen and oxygen atoms in total. The van der Waals surface area contributed by atoms with Gasteiger partial charge in [-0.3, -0.25) is 14.4 Å². The van der Waals surface area contributed by atoms with E-state index in [9.17, 15) is 22.8 Å². The van der Waals surface area contributed by atoms with E-state index in [1.807, 2.05) is 0 Å². The average Bonchev–Trinajstić information content (AvgIpc) is 2.99. The molecule has 1 saturated heterocycles. The fourth-order valence-corrected chi connectivity index (χ4v) is 4.84. The van der Waals surface area contributed by atoms with Crippen LogP contribution in [-0.4, -0.2) is 79.0 Å². The van der Waals surface area contributed by atoms with Gasteiger partial charge in [-0.25, -0.2) is 8.42 Å². The van der Waals surface area contributed by atoms with Crippen molar-refractivity contribution in [3.8, 4) is 0 Å². The van der Waals surface area contributed by atoms with E-state index in [1.54, 1.807) is 0 Å². The lowest BCUT2D eigenvalue weighted by Gasteiger charge is -2.32. The van der Waals surface area contributed by atoms with Crippen LogP contribution in [-0.2, 0) is 24.4 Å². The van der Waals surface area contributed by atoms with Crippen LogP contribution in [0.3, 0.4) is 0 Å². The zero-order valence-electron chi connectivity index (χ0n) is 16.8. The van der Waals surface area contributed by atoms with Gasteiger partial charge in [0, 0.05) is 20.1 Å². The number of amides is 2. The quantitative estimate of drug-likeness (QED) is 0.601. The largest absolute Gasteiger partial charge is 0.481 e. The molecule has 0 aromatic carbocycles. The zero-order valence-corrected chi connectivity index (χ0v) is 17.7. The van der Waals surface area contributed by atoms with E-state index in [0.717, 1.165) is 4.90 Å². The summed E-state index contributed by atoms with van der Waals surface area (Å²) < 4.78 is 32.2. The van der Waals surface area contributed by atoms with Crippen molar-refractivity contribution in [1.82, 2.24) is 19.7 Å². The van der Waals surface area contributed by atoms with Crippen molar-refractivity contribution in [1.29, 1.82) is 0 Å². The van der Waals surface area contributed by atoms with E-state index in [-0.39, 0.29) is 35.3 Å². The second kappa shape index (κ2) is 8.91. The minimum Gasteiger partial charge on any atom is -0.481 e. The van der Waals surface area contributed by atoms with Crippen LogP contribution in [0, 0.1) is 19.8 Å². The molecule has 2 amide bonds. The predicted molar refractivity (Wildman–Crippen MR) is 100 cm³/mol. The van der Waals surface area contributed by atoms with Crippen molar-refractivity contribution in [2.24, 2.45) is 5.92 Å². The highest BCUT2D eigenvalue weighted by Crippen LogP contribution is 2.19. The molecule has 0 aliphatic carbocycles. The summed E-state index contributed by atoms with van der Waals surface area (Å²) in [6.45, 7) is 4.56. The van der Waals surface area contributed by atoms with Gasteiger partial charge in [0.25, 0.3) is 0 Å². The molecule has 0 saturated carbocycles. The number of rotatable bonds is 7. The van der Waals surface area contributed by atoms with Gasteiger partial charge in [0.05, 0.1) is 18.5 Å². The van der Waals surface area contributed by atoms with Gasteiger partial charge < -0.3 is 19.4 Å². The number of nitrogens with one attached hydrogen (secondary N) is 1. The Morgan fingerprint density at radius 2 is 2.03 bits per heavy atom. The molecule has 0 unspecified atom stereocenters. The standard InChI is InChI=1S/C17H26N4O7S/c1-10-15(12(3)28-18-10)29(26,27)19-11(2)16(23)20(4)9-14(22)21-7-5-6-13(8-21)17(24)25/h11,13,19H,5-9H2,1-4H3,(H,24,25)/t11-,13+/m1/s1. The van der Waals surface area contributed by atoms with Gasteiger partial charge in [-0.15, -0.1) is 0 Å². The maximum absolute atomic E-state index is 12.5. The molecule has 162 valence electrons. The number of aliphatic carboxylic acids is 1. The normalized spacial score (nSPS) is 18.3. The Hall–Kier alpha value is -2.47. The van der Waals surface area contributed by atoms with Gasteiger partial charge in [0.1, 0.15) is 10.6 Å². The minimum absolute atomic E-state index is 0.102. The second-order valence-electron chi connectivity index (χ2n) is 7.21. The monoisotopic (exact) mass is 430 g/mol. The summed E-state index contributed by atoms with van der Waals surface area (Å²) in [5.41, 5.74) is 0.177. The molecule has 2 N–H and O–H groups in total. The molecular weight excluding hydrogens is 404 g/mol. The Kier molecular flexibility index (Phi) is 7.01. The number of carbonyl (C=O) groups is 3. The fraction of sp³-hybridized carbons (Fsp3) is 0.647. The molecular formula is C17H26N4O7S. The summed E-state index contributed by atoms with van der Waals surface area (Å²) in [4.78, 5) is 38.6. The first-order chi connectivity index (χ1) is 13.4. The lowest BCUT2D eigenvalue weighted by molar-refractivity contribution is -0.147. The number of carbonyl (C=O) groups excluding carboxylic acids is 2. The van der Waals surface area contributed by atoms with Crippen LogP contribution in [0.25, 0.3) is 0 Å². The number of carboxylic acids is 1. The molecule has 0 bridgehead atoms. The fourth-order valence-electron chi connectivity index (χ4n) is 3.32. The van der Waals surface area contributed by atoms with E-state index < -0.39 is 33.9 Å². The zero-order chi connectivity index (χ0) is 21.9. The van der Waals surface area contributed by atoms with Crippen molar-refractivity contribution in [3.05, 3.63) is 11.5 Å².